The fraction of sp³-hybridized carbons (Fsp3) is 0.737. The highest BCUT2D eigenvalue weighted by Gasteiger charge is 2.59. The molecule has 4 heteroatoms. The summed E-state index contributed by atoms with van der Waals surface area (Å²) < 4.78 is 11.6. The SMILES string of the molecule is CCOC(=O)/N=C(/O[C@@H]1CC[C@@]2(C)C(=CC[C@H]3[C@@H]4CC[C@H]([C@H](C)C=C[C@@H](CC)C(C)C)[C@@]4(C)CC[C@@H]32)C1)C1C=CC=C1. The molecule has 0 N–H and O–H groups in total. The standard InChI is InChI=1S/C38H57NO3/c1-8-27(25(3)4)15-14-26(5)32-18-19-33-31-17-16-29-24-30(20-22-37(29,6)34(31)21-23-38(32,33)7)42-35(28-12-10-11-13-28)39-36(40)41-9-2/h10-16,25-28,30-34H,8-9,17-24H2,1-7H3/b15-14?,39-35+/t26-,27-,30-,31+,32-,33+,34+,37+,38-/m1/s1. The topological polar surface area (TPSA) is 47.9 Å². The molecular weight excluding hydrogens is 518 g/mol. The molecule has 0 heterocycles. The van der Waals surface area contributed by atoms with E-state index in [9.17, 15) is 4.79 Å². The van der Waals surface area contributed by atoms with E-state index in [-0.39, 0.29) is 17.4 Å². The Morgan fingerprint density at radius 2 is 1.79 bits per heavy atom. The zero-order valence-electron chi connectivity index (χ0n) is 27.5. The molecule has 0 aromatic heterocycles. The number of aliphatic imine (C=N–C) groups is 1. The van der Waals surface area contributed by atoms with Crippen LogP contribution in [0.1, 0.15) is 106 Å². The van der Waals surface area contributed by atoms with Crippen LogP contribution in [0.4, 0.5) is 4.79 Å². The number of nitrogens with zero attached hydrogens (tertiary/aromatic N) is 1. The Bertz CT molecular complexity index is 1120. The predicted octanol–water partition coefficient (Wildman–Crippen LogP) is 10.1. The molecule has 9 atom stereocenters. The van der Waals surface area contributed by atoms with Crippen LogP contribution in [0.3, 0.4) is 0 Å². The third kappa shape index (κ3) is 5.98. The average molecular weight is 576 g/mol. The maximum Gasteiger partial charge on any atom is 0.436 e. The summed E-state index contributed by atoms with van der Waals surface area (Å²) in [5.74, 6) is 5.72. The lowest BCUT2D eigenvalue weighted by Gasteiger charge is -2.58. The minimum Gasteiger partial charge on any atom is -0.476 e. The Morgan fingerprint density at radius 3 is 2.48 bits per heavy atom. The fourth-order valence-electron chi connectivity index (χ4n) is 10.1. The number of hydrogen-bond donors (Lipinski definition) is 0. The lowest BCUT2D eigenvalue weighted by atomic mass is 9.47. The van der Waals surface area contributed by atoms with Crippen molar-refractivity contribution in [2.24, 2.45) is 63.2 Å². The van der Waals surface area contributed by atoms with Crippen molar-refractivity contribution >= 4 is 12.0 Å². The van der Waals surface area contributed by atoms with Crippen LogP contribution in [0.25, 0.3) is 0 Å². The zero-order valence-corrected chi connectivity index (χ0v) is 27.5. The van der Waals surface area contributed by atoms with Crippen LogP contribution in [0, 0.1) is 58.2 Å². The second-order valence-corrected chi connectivity index (χ2v) is 15.0. The van der Waals surface area contributed by atoms with Gasteiger partial charge in [0.05, 0.1) is 12.5 Å². The minimum absolute atomic E-state index is 0.0617. The fourth-order valence-corrected chi connectivity index (χ4v) is 10.1. The maximum atomic E-state index is 12.2. The third-order valence-electron chi connectivity index (χ3n) is 12.5. The van der Waals surface area contributed by atoms with E-state index in [0.29, 0.717) is 29.8 Å². The van der Waals surface area contributed by atoms with Crippen LogP contribution in [-0.4, -0.2) is 24.7 Å². The van der Waals surface area contributed by atoms with Crippen molar-refractivity contribution < 1.29 is 14.3 Å². The van der Waals surface area contributed by atoms with E-state index in [1.807, 2.05) is 24.3 Å². The minimum atomic E-state index is -0.559. The van der Waals surface area contributed by atoms with Crippen LogP contribution in [-0.2, 0) is 9.47 Å². The molecule has 3 fully saturated rings. The monoisotopic (exact) mass is 575 g/mol. The molecule has 0 bridgehead atoms. The van der Waals surface area contributed by atoms with Gasteiger partial charge in [0, 0.05) is 6.42 Å². The van der Waals surface area contributed by atoms with Crippen molar-refractivity contribution in [1.82, 2.24) is 0 Å². The Kier molecular flexibility index (Phi) is 9.60. The van der Waals surface area contributed by atoms with Gasteiger partial charge < -0.3 is 9.47 Å². The summed E-state index contributed by atoms with van der Waals surface area (Å²) in [5, 5.41) is 0. The molecule has 4 nitrogen and oxygen atoms in total. The highest BCUT2D eigenvalue weighted by molar-refractivity contribution is 5.92. The summed E-state index contributed by atoms with van der Waals surface area (Å²) in [6.45, 7) is 16.9. The highest BCUT2D eigenvalue weighted by atomic mass is 16.6. The number of carbonyl (C=O) groups excluding carboxylic acids is 1. The van der Waals surface area contributed by atoms with Gasteiger partial charge in [-0.05, 0) is 111 Å². The van der Waals surface area contributed by atoms with Gasteiger partial charge in [-0.1, -0.05) is 89.6 Å². The van der Waals surface area contributed by atoms with Crippen LogP contribution in [0.15, 0.2) is 53.1 Å². The summed E-state index contributed by atoms with van der Waals surface area (Å²) in [5.41, 5.74) is 2.33. The number of carbonyl (C=O) groups is 1. The molecule has 0 saturated heterocycles. The van der Waals surface area contributed by atoms with Gasteiger partial charge in [0.2, 0.25) is 5.90 Å². The van der Waals surface area contributed by atoms with Gasteiger partial charge >= 0.3 is 6.09 Å². The highest BCUT2D eigenvalue weighted by Crippen LogP contribution is 2.67. The largest absolute Gasteiger partial charge is 0.476 e. The number of fused-ring (bicyclic) bond motifs is 5. The van der Waals surface area contributed by atoms with E-state index in [1.165, 1.54) is 38.5 Å². The molecule has 0 spiro atoms. The van der Waals surface area contributed by atoms with E-state index in [4.69, 9.17) is 9.47 Å². The van der Waals surface area contributed by atoms with Gasteiger partial charge in [-0.3, -0.25) is 0 Å². The van der Waals surface area contributed by atoms with E-state index in [1.54, 1.807) is 12.5 Å². The Labute approximate surface area is 256 Å². The first kappa shape index (κ1) is 31.3. The smallest absolute Gasteiger partial charge is 0.436 e. The number of hydrogen-bond acceptors (Lipinski definition) is 3. The van der Waals surface area contributed by atoms with Gasteiger partial charge in [0.25, 0.3) is 0 Å². The van der Waals surface area contributed by atoms with Crippen molar-refractivity contribution in [3.63, 3.8) is 0 Å². The lowest BCUT2D eigenvalue weighted by Crippen LogP contribution is -2.51. The second kappa shape index (κ2) is 12.9. The number of amides is 1. The Hall–Kier alpha value is -2.10. The van der Waals surface area contributed by atoms with Gasteiger partial charge in [-0.25, -0.2) is 4.79 Å². The summed E-state index contributed by atoms with van der Waals surface area (Å²) in [7, 11) is 0. The summed E-state index contributed by atoms with van der Waals surface area (Å²) in [6, 6.07) is 0. The quantitative estimate of drug-likeness (QED) is 0.164. The first-order valence-corrected chi connectivity index (χ1v) is 17.3. The zero-order chi connectivity index (χ0) is 30.1. The molecule has 5 rings (SSSR count). The molecular formula is C38H57NO3. The van der Waals surface area contributed by atoms with Crippen LogP contribution < -0.4 is 0 Å². The Morgan fingerprint density at radius 1 is 1.02 bits per heavy atom. The van der Waals surface area contributed by atoms with Crippen LogP contribution in [0.2, 0.25) is 0 Å². The lowest BCUT2D eigenvalue weighted by molar-refractivity contribution is -0.0534. The van der Waals surface area contributed by atoms with Crippen LogP contribution in [0.5, 0.6) is 0 Å². The number of allylic oxidation sites excluding steroid dienone is 5. The number of ether oxygens (including phenoxy) is 2. The van der Waals surface area contributed by atoms with Crippen molar-refractivity contribution in [2.45, 2.75) is 112 Å². The molecule has 3 saturated carbocycles. The first-order chi connectivity index (χ1) is 20.1. The van der Waals surface area contributed by atoms with Crippen molar-refractivity contribution in [1.29, 1.82) is 0 Å². The van der Waals surface area contributed by atoms with Crippen molar-refractivity contribution in [3.05, 3.63) is 48.1 Å². The third-order valence-corrected chi connectivity index (χ3v) is 12.5. The summed E-state index contributed by atoms with van der Waals surface area (Å²) >= 11 is 0. The normalized spacial score (nSPS) is 37.8. The van der Waals surface area contributed by atoms with Crippen molar-refractivity contribution in [3.8, 4) is 0 Å². The molecule has 0 unspecified atom stereocenters. The van der Waals surface area contributed by atoms with Crippen molar-refractivity contribution in [2.75, 3.05) is 6.61 Å². The molecule has 42 heavy (non-hydrogen) atoms. The Balaban J connectivity index is 1.28. The van der Waals surface area contributed by atoms with E-state index in [2.05, 4.69) is 64.8 Å². The summed E-state index contributed by atoms with van der Waals surface area (Å²) in [4.78, 5) is 16.5. The molecule has 5 aliphatic carbocycles. The molecule has 5 aliphatic rings. The summed E-state index contributed by atoms with van der Waals surface area (Å²) in [6.07, 6.45) is 26.4. The predicted molar refractivity (Wildman–Crippen MR) is 173 cm³/mol. The van der Waals surface area contributed by atoms with Gasteiger partial charge in [-0.15, -0.1) is 4.99 Å². The number of rotatable bonds is 8. The van der Waals surface area contributed by atoms with Crippen LogP contribution >= 0.6 is 0 Å². The molecule has 0 aromatic carbocycles. The van der Waals surface area contributed by atoms with Gasteiger partial charge in [-0.2, -0.15) is 0 Å². The molecule has 0 aliphatic heterocycles. The van der Waals surface area contributed by atoms with E-state index >= 15 is 0 Å². The van der Waals surface area contributed by atoms with Gasteiger partial charge in [0.15, 0.2) is 0 Å². The van der Waals surface area contributed by atoms with Gasteiger partial charge in [0.1, 0.15) is 6.10 Å². The van der Waals surface area contributed by atoms with E-state index in [0.717, 1.165) is 48.9 Å². The average Bonchev–Trinajstić information content (AvgIpc) is 3.61. The molecule has 1 amide bonds. The first-order valence-electron chi connectivity index (χ1n) is 17.3. The molecule has 232 valence electrons. The van der Waals surface area contributed by atoms with E-state index < -0.39 is 6.09 Å². The molecule has 0 radical (unpaired) electrons. The molecule has 0 aromatic rings. The maximum absolute atomic E-state index is 12.2. The second-order valence-electron chi connectivity index (χ2n) is 15.0.